The molecule has 0 saturated carbocycles. The predicted molar refractivity (Wildman–Crippen MR) is 40.4 cm³/mol. The molecule has 10 heavy (non-hydrogen) atoms. The summed E-state index contributed by atoms with van der Waals surface area (Å²) in [6, 6.07) is 3.89. The zero-order chi connectivity index (χ0) is 7.11. The Hall–Kier alpha value is -0.137. The smallest absolute Gasteiger partial charge is 0.000496 e. The van der Waals surface area contributed by atoms with Crippen molar-refractivity contribution in [3.05, 3.63) is 24.5 Å². The van der Waals surface area contributed by atoms with Gasteiger partial charge in [-0.1, -0.05) is 0 Å². The minimum Gasteiger partial charge on any atom is -0.368 e. The topological polar surface area (TPSA) is 19.0 Å². The van der Waals surface area contributed by atoms with E-state index < -0.39 is 0 Å². The molecule has 0 spiro atoms. The van der Waals surface area contributed by atoms with E-state index in [1.807, 2.05) is 50.6 Å². The van der Waals surface area contributed by atoms with Gasteiger partial charge in [0.2, 0.25) is 0 Å². The van der Waals surface area contributed by atoms with Crippen molar-refractivity contribution in [2.75, 3.05) is 21.1 Å². The average molecular weight is 227 g/mol. The number of aromatic amines is 1. The minimum absolute atomic E-state index is 0. The molecule has 0 aliphatic rings. The molecular formula is C7H14N2Ru. The number of nitrogens with one attached hydrogen (secondary N) is 1. The molecule has 1 N–H and O–H groups in total. The third kappa shape index (κ3) is 15.7. The Labute approximate surface area is 75.4 Å². The van der Waals surface area contributed by atoms with E-state index in [-0.39, 0.29) is 19.5 Å². The van der Waals surface area contributed by atoms with Crippen LogP contribution in [0.4, 0.5) is 0 Å². The summed E-state index contributed by atoms with van der Waals surface area (Å²) < 4.78 is 0. The zero-order valence-corrected chi connectivity index (χ0v) is 8.35. The summed E-state index contributed by atoms with van der Waals surface area (Å²) in [7, 11) is 6.00. The molecule has 1 heterocycles. The maximum absolute atomic E-state index is 2.86. The summed E-state index contributed by atoms with van der Waals surface area (Å²) in [5.41, 5.74) is 0. The first-order valence-corrected chi connectivity index (χ1v) is 2.92. The van der Waals surface area contributed by atoms with Crippen molar-refractivity contribution < 1.29 is 19.5 Å². The molecule has 0 aliphatic heterocycles. The van der Waals surface area contributed by atoms with Gasteiger partial charge in [-0.05, 0) is 33.3 Å². The second-order valence-electron chi connectivity index (χ2n) is 2.23. The van der Waals surface area contributed by atoms with Crippen LogP contribution in [0, 0.1) is 0 Å². The van der Waals surface area contributed by atoms with Gasteiger partial charge in [0, 0.05) is 31.9 Å². The van der Waals surface area contributed by atoms with Crippen LogP contribution >= 0.6 is 0 Å². The van der Waals surface area contributed by atoms with Gasteiger partial charge in [-0.3, -0.25) is 0 Å². The Morgan fingerprint density at radius 2 is 1.30 bits per heavy atom. The van der Waals surface area contributed by atoms with Gasteiger partial charge in [-0.2, -0.15) is 0 Å². The third-order valence-electron chi connectivity index (χ3n) is 0.496. The number of aromatic nitrogens is 1. The normalized spacial score (nSPS) is 7.60. The van der Waals surface area contributed by atoms with Crippen LogP contribution in [0.3, 0.4) is 0 Å². The summed E-state index contributed by atoms with van der Waals surface area (Å²) in [5.74, 6) is 0. The molecular weight excluding hydrogens is 213 g/mol. The van der Waals surface area contributed by atoms with Crippen molar-refractivity contribution in [1.82, 2.24) is 9.88 Å². The first-order chi connectivity index (χ1) is 4.23. The predicted octanol–water partition coefficient (Wildman–Crippen LogP) is 1.19. The minimum atomic E-state index is 0. The van der Waals surface area contributed by atoms with E-state index in [1.165, 1.54) is 0 Å². The van der Waals surface area contributed by atoms with E-state index in [4.69, 9.17) is 0 Å². The van der Waals surface area contributed by atoms with Crippen LogP contribution in [-0.4, -0.2) is 31.0 Å². The Balaban J connectivity index is 0. The van der Waals surface area contributed by atoms with Gasteiger partial charge < -0.3 is 9.88 Å². The van der Waals surface area contributed by atoms with Gasteiger partial charge in [-0.15, -0.1) is 0 Å². The molecule has 0 radical (unpaired) electrons. The van der Waals surface area contributed by atoms with Crippen molar-refractivity contribution in [2.24, 2.45) is 0 Å². The average Bonchev–Trinajstić information content (AvgIpc) is 2.11. The Morgan fingerprint density at radius 1 is 1.00 bits per heavy atom. The molecule has 1 aromatic rings. The molecule has 3 heteroatoms. The van der Waals surface area contributed by atoms with Crippen molar-refractivity contribution in [2.45, 2.75) is 0 Å². The molecule has 2 nitrogen and oxygen atoms in total. The number of hydrogen-bond donors (Lipinski definition) is 1. The number of rotatable bonds is 0. The fourth-order valence-corrected chi connectivity index (χ4v) is 0.278. The SMILES string of the molecule is CN(C)C.[Ru].c1cc[nH]c1. The number of nitrogens with zero attached hydrogens (tertiary/aromatic N) is 1. The Bertz CT molecular complexity index is 95.2. The van der Waals surface area contributed by atoms with Gasteiger partial charge in [0.25, 0.3) is 0 Å². The van der Waals surface area contributed by atoms with Crippen LogP contribution in [0.15, 0.2) is 24.5 Å². The maximum atomic E-state index is 2.86. The van der Waals surface area contributed by atoms with Gasteiger partial charge in [-0.25, -0.2) is 0 Å². The molecule has 1 rings (SSSR count). The van der Waals surface area contributed by atoms with E-state index in [0.717, 1.165) is 0 Å². The second-order valence-corrected chi connectivity index (χ2v) is 2.23. The monoisotopic (exact) mass is 228 g/mol. The summed E-state index contributed by atoms with van der Waals surface area (Å²) in [5, 5.41) is 0. The second kappa shape index (κ2) is 8.86. The molecule has 60 valence electrons. The van der Waals surface area contributed by atoms with Crippen molar-refractivity contribution >= 4 is 0 Å². The molecule has 0 unspecified atom stereocenters. The van der Waals surface area contributed by atoms with Crippen LogP contribution in [0.1, 0.15) is 0 Å². The van der Waals surface area contributed by atoms with Crippen LogP contribution in [0.2, 0.25) is 0 Å². The van der Waals surface area contributed by atoms with Gasteiger partial charge in [0.15, 0.2) is 0 Å². The summed E-state index contributed by atoms with van der Waals surface area (Å²) in [6.07, 6.45) is 3.75. The molecule has 0 bridgehead atoms. The van der Waals surface area contributed by atoms with Crippen LogP contribution in [0.25, 0.3) is 0 Å². The fourth-order valence-electron chi connectivity index (χ4n) is 0.278. The molecule has 0 amide bonds. The summed E-state index contributed by atoms with van der Waals surface area (Å²) >= 11 is 0. The van der Waals surface area contributed by atoms with E-state index in [9.17, 15) is 0 Å². The van der Waals surface area contributed by atoms with Crippen molar-refractivity contribution in [1.29, 1.82) is 0 Å². The molecule has 0 aliphatic carbocycles. The molecule has 0 fully saturated rings. The quantitative estimate of drug-likeness (QED) is 0.660. The van der Waals surface area contributed by atoms with E-state index >= 15 is 0 Å². The Kier molecular flexibility index (Phi) is 11.1. The number of hydrogen-bond acceptors (Lipinski definition) is 1. The van der Waals surface area contributed by atoms with Crippen molar-refractivity contribution in [3.8, 4) is 0 Å². The van der Waals surface area contributed by atoms with Crippen LogP contribution in [-0.2, 0) is 19.5 Å². The number of H-pyrrole nitrogens is 1. The molecule has 0 aromatic carbocycles. The van der Waals surface area contributed by atoms with Gasteiger partial charge in [0.1, 0.15) is 0 Å². The van der Waals surface area contributed by atoms with E-state index in [1.54, 1.807) is 0 Å². The fraction of sp³-hybridized carbons (Fsp3) is 0.429. The maximum Gasteiger partial charge on any atom is 0.000496 e. The van der Waals surface area contributed by atoms with E-state index in [0.29, 0.717) is 0 Å². The standard InChI is InChI=1S/C4H5N.C3H9N.Ru/c1-2-4-5-3-1;1-4(2)3;/h1-5H;1-3H3;. The first kappa shape index (κ1) is 12.5. The van der Waals surface area contributed by atoms with Gasteiger partial charge >= 0.3 is 0 Å². The zero-order valence-electron chi connectivity index (χ0n) is 6.61. The van der Waals surface area contributed by atoms with Crippen LogP contribution < -0.4 is 0 Å². The summed E-state index contributed by atoms with van der Waals surface area (Å²) in [4.78, 5) is 4.86. The van der Waals surface area contributed by atoms with Crippen LogP contribution in [0.5, 0.6) is 0 Å². The van der Waals surface area contributed by atoms with E-state index in [2.05, 4.69) is 4.98 Å². The largest absolute Gasteiger partial charge is 0.368 e. The van der Waals surface area contributed by atoms with Gasteiger partial charge in [0.05, 0.1) is 0 Å². The molecule has 0 atom stereocenters. The molecule has 0 saturated heterocycles. The third-order valence-corrected chi connectivity index (χ3v) is 0.496. The Morgan fingerprint density at radius 3 is 1.40 bits per heavy atom. The molecule has 1 aromatic heterocycles. The van der Waals surface area contributed by atoms with Crippen molar-refractivity contribution in [3.63, 3.8) is 0 Å². The summed E-state index contributed by atoms with van der Waals surface area (Å²) in [6.45, 7) is 0. The first-order valence-electron chi connectivity index (χ1n) is 2.92.